The van der Waals surface area contributed by atoms with Gasteiger partial charge in [0, 0.05) is 18.5 Å². The van der Waals surface area contributed by atoms with Gasteiger partial charge in [0.1, 0.15) is 11.2 Å². The topological polar surface area (TPSA) is 91.6 Å². The smallest absolute Gasteiger partial charge is 0.275 e. The van der Waals surface area contributed by atoms with E-state index in [0.29, 0.717) is 35.5 Å². The zero-order valence-corrected chi connectivity index (χ0v) is 17.6. The summed E-state index contributed by atoms with van der Waals surface area (Å²) in [6.07, 6.45) is 1.27. The van der Waals surface area contributed by atoms with Crippen LogP contribution in [0.2, 0.25) is 0 Å². The second-order valence-electron chi connectivity index (χ2n) is 6.73. The molecule has 0 atom stereocenters. The minimum atomic E-state index is -0.623. The number of hydrogen-bond donors (Lipinski definition) is 2. The van der Waals surface area contributed by atoms with Gasteiger partial charge in [0.05, 0.1) is 11.4 Å². The van der Waals surface area contributed by atoms with Gasteiger partial charge in [-0.2, -0.15) is 0 Å². The molecule has 1 aliphatic heterocycles. The Labute approximate surface area is 170 Å². The molecule has 7 nitrogen and oxygen atoms in total. The van der Waals surface area contributed by atoms with Crippen molar-refractivity contribution in [2.75, 3.05) is 37.4 Å². The fraction of sp³-hybridized carbons (Fsp3) is 0.389. The maximum absolute atomic E-state index is 12.5. The van der Waals surface area contributed by atoms with Gasteiger partial charge in [-0.25, -0.2) is 4.98 Å². The van der Waals surface area contributed by atoms with Crippen molar-refractivity contribution in [2.45, 2.75) is 18.4 Å². The van der Waals surface area contributed by atoms with E-state index in [-0.39, 0.29) is 11.8 Å². The number of primary amides is 1. The molecule has 0 radical (unpaired) electrons. The van der Waals surface area contributed by atoms with Crippen molar-refractivity contribution in [2.24, 2.45) is 5.73 Å². The number of amides is 2. The summed E-state index contributed by atoms with van der Waals surface area (Å²) >= 11 is 4.64. The zero-order chi connectivity index (χ0) is 19.6. The minimum Gasteiger partial charge on any atom is -0.370 e. The van der Waals surface area contributed by atoms with Gasteiger partial charge in [-0.3, -0.25) is 14.5 Å². The van der Waals surface area contributed by atoms with Gasteiger partial charge in [0.15, 0.2) is 3.92 Å². The number of para-hydroxylation sites is 2. The van der Waals surface area contributed by atoms with Gasteiger partial charge in [-0.15, -0.1) is 11.3 Å². The lowest BCUT2D eigenvalue weighted by Gasteiger charge is -2.44. The molecule has 3 N–H and O–H groups in total. The molecule has 2 aromatic rings. The van der Waals surface area contributed by atoms with Gasteiger partial charge in [0.25, 0.3) is 5.91 Å². The number of hydrogen-bond acceptors (Lipinski definition) is 6. The number of benzene rings is 1. The first-order chi connectivity index (χ1) is 12.8. The molecular weight excluding hydrogens is 430 g/mol. The first kappa shape index (κ1) is 19.8. The quantitative estimate of drug-likeness (QED) is 0.728. The lowest BCUT2D eigenvalue weighted by atomic mass is 9.85. The number of likely N-dealkylation sites (N-methyl/N-ethyl adjacent to an activating group) is 1. The molecule has 27 heavy (non-hydrogen) atoms. The third-order valence-electron chi connectivity index (χ3n) is 5.11. The zero-order valence-electron chi connectivity index (χ0n) is 15.2. The molecule has 1 aliphatic rings. The molecule has 3 rings (SSSR count). The predicted octanol–water partition coefficient (Wildman–Crippen LogP) is 2.54. The second kappa shape index (κ2) is 7.95. The van der Waals surface area contributed by atoms with Crippen LogP contribution in [0.3, 0.4) is 0 Å². The van der Waals surface area contributed by atoms with Crippen molar-refractivity contribution in [1.29, 1.82) is 0 Å². The number of nitrogens with one attached hydrogen (secondary N) is 1. The highest BCUT2D eigenvalue weighted by Gasteiger charge is 2.42. The Bertz CT molecular complexity index is 846. The van der Waals surface area contributed by atoms with E-state index in [9.17, 15) is 9.59 Å². The number of aromatic nitrogens is 1. The van der Waals surface area contributed by atoms with E-state index in [1.165, 1.54) is 11.3 Å². The van der Waals surface area contributed by atoms with Crippen molar-refractivity contribution in [1.82, 2.24) is 9.88 Å². The molecule has 1 aromatic heterocycles. The Morgan fingerprint density at radius 1 is 1.30 bits per heavy atom. The highest BCUT2D eigenvalue weighted by Crippen LogP contribution is 2.33. The summed E-state index contributed by atoms with van der Waals surface area (Å²) in [4.78, 5) is 32.8. The lowest BCUT2D eigenvalue weighted by molar-refractivity contribution is -0.130. The molecule has 0 spiro atoms. The number of halogens is 1. The highest BCUT2D eigenvalue weighted by molar-refractivity contribution is 9.11. The van der Waals surface area contributed by atoms with Crippen LogP contribution in [0.4, 0.5) is 11.4 Å². The number of carbonyl (C=O) groups is 2. The summed E-state index contributed by atoms with van der Waals surface area (Å²) in [7, 11) is 3.78. The average Bonchev–Trinajstić information content (AvgIpc) is 3.08. The SMILES string of the molecule is CN(C)C1(C(N)=O)CCN(c2ccccc2NC(=O)c2csc(Br)n2)CC1. The number of nitrogens with two attached hydrogens (primary N) is 1. The Hall–Kier alpha value is -1.97. The summed E-state index contributed by atoms with van der Waals surface area (Å²) in [5, 5.41) is 4.65. The highest BCUT2D eigenvalue weighted by atomic mass is 79.9. The fourth-order valence-electron chi connectivity index (χ4n) is 3.43. The fourth-order valence-corrected chi connectivity index (χ4v) is 4.42. The van der Waals surface area contributed by atoms with E-state index in [2.05, 4.69) is 31.1 Å². The number of piperidine rings is 1. The summed E-state index contributed by atoms with van der Waals surface area (Å²) in [6.45, 7) is 1.35. The Kier molecular flexibility index (Phi) is 5.83. The van der Waals surface area contributed by atoms with Crippen LogP contribution in [0.1, 0.15) is 23.3 Å². The molecule has 144 valence electrons. The molecule has 2 heterocycles. The third kappa shape index (κ3) is 3.99. The van der Waals surface area contributed by atoms with E-state index >= 15 is 0 Å². The van der Waals surface area contributed by atoms with E-state index in [0.717, 1.165) is 11.4 Å². The van der Waals surface area contributed by atoms with Crippen LogP contribution in [0, 0.1) is 0 Å². The Morgan fingerprint density at radius 2 is 1.96 bits per heavy atom. The van der Waals surface area contributed by atoms with Crippen LogP contribution < -0.4 is 16.0 Å². The molecule has 9 heteroatoms. The van der Waals surface area contributed by atoms with Crippen molar-refractivity contribution in [3.63, 3.8) is 0 Å². The lowest BCUT2D eigenvalue weighted by Crippen LogP contribution is -2.60. The van der Waals surface area contributed by atoms with Crippen molar-refractivity contribution >= 4 is 50.5 Å². The van der Waals surface area contributed by atoms with Gasteiger partial charge < -0.3 is 16.0 Å². The Balaban J connectivity index is 1.77. The largest absolute Gasteiger partial charge is 0.370 e. The van der Waals surface area contributed by atoms with Gasteiger partial charge >= 0.3 is 0 Å². The summed E-state index contributed by atoms with van der Waals surface area (Å²) in [5.74, 6) is -0.538. The number of thiazole rings is 1. The van der Waals surface area contributed by atoms with Crippen LogP contribution >= 0.6 is 27.3 Å². The van der Waals surface area contributed by atoms with Crippen molar-refractivity contribution in [3.8, 4) is 0 Å². The Morgan fingerprint density at radius 3 is 2.52 bits per heavy atom. The summed E-state index contributed by atoms with van der Waals surface area (Å²) < 4.78 is 0.670. The average molecular weight is 452 g/mol. The molecule has 0 bridgehead atoms. The molecule has 0 aliphatic carbocycles. The van der Waals surface area contributed by atoms with E-state index in [1.807, 2.05) is 43.3 Å². The van der Waals surface area contributed by atoms with Crippen LogP contribution in [0.5, 0.6) is 0 Å². The second-order valence-corrected chi connectivity index (χ2v) is 8.87. The van der Waals surface area contributed by atoms with Crippen molar-refractivity contribution in [3.05, 3.63) is 39.3 Å². The first-order valence-corrected chi connectivity index (χ1v) is 10.2. The molecule has 1 fully saturated rings. The van der Waals surface area contributed by atoms with E-state index in [1.54, 1.807) is 5.38 Å². The molecule has 1 saturated heterocycles. The van der Waals surface area contributed by atoms with Gasteiger partial charge in [-0.1, -0.05) is 12.1 Å². The molecule has 0 unspecified atom stereocenters. The van der Waals surface area contributed by atoms with E-state index in [4.69, 9.17) is 5.73 Å². The molecule has 0 saturated carbocycles. The number of rotatable bonds is 5. The van der Waals surface area contributed by atoms with Crippen LogP contribution in [0.25, 0.3) is 0 Å². The number of carbonyl (C=O) groups excluding carboxylic acids is 2. The molecule has 2 amide bonds. The van der Waals surface area contributed by atoms with Crippen molar-refractivity contribution < 1.29 is 9.59 Å². The first-order valence-electron chi connectivity index (χ1n) is 8.57. The maximum atomic E-state index is 12.5. The van der Waals surface area contributed by atoms with Crippen LogP contribution in [-0.2, 0) is 4.79 Å². The van der Waals surface area contributed by atoms with Crippen LogP contribution in [0.15, 0.2) is 33.6 Å². The summed E-state index contributed by atoms with van der Waals surface area (Å²) in [5.41, 5.74) is 7.09. The molecule has 1 aromatic carbocycles. The monoisotopic (exact) mass is 451 g/mol. The normalized spacial score (nSPS) is 16.4. The predicted molar refractivity (Wildman–Crippen MR) is 111 cm³/mol. The number of anilines is 2. The third-order valence-corrected chi connectivity index (χ3v) is 6.47. The van der Waals surface area contributed by atoms with Crippen LogP contribution in [-0.4, -0.2) is 54.4 Å². The minimum absolute atomic E-state index is 0.249. The van der Waals surface area contributed by atoms with Gasteiger partial charge in [-0.05, 0) is 55.0 Å². The maximum Gasteiger partial charge on any atom is 0.275 e. The standard InChI is InChI=1S/C18H22BrN5O2S/c1-23(2)18(16(20)26)7-9-24(10-8-18)14-6-4-3-5-12(14)21-15(25)13-11-27-17(19)22-13/h3-6,11H,7-10H2,1-2H3,(H2,20,26)(H,21,25). The van der Waals surface area contributed by atoms with Gasteiger partial charge in [0.2, 0.25) is 5.91 Å². The molecular formula is C18H22BrN5O2S. The summed E-state index contributed by atoms with van der Waals surface area (Å²) in [6, 6.07) is 7.66. The number of nitrogens with zero attached hydrogens (tertiary/aromatic N) is 3. The van der Waals surface area contributed by atoms with E-state index < -0.39 is 5.54 Å².